The van der Waals surface area contributed by atoms with Gasteiger partial charge in [0.1, 0.15) is 0 Å². The zero-order chi connectivity index (χ0) is 22.6. The van der Waals surface area contributed by atoms with E-state index < -0.39 is 0 Å². The van der Waals surface area contributed by atoms with E-state index in [9.17, 15) is 4.79 Å². The number of rotatable bonds is 6. The molecule has 3 aromatic carbocycles. The fourth-order valence-electron chi connectivity index (χ4n) is 4.49. The Kier molecular flexibility index (Phi) is 9.66. The first kappa shape index (κ1) is 27.1. The van der Waals surface area contributed by atoms with Crippen LogP contribution in [0.5, 0.6) is 0 Å². The molecule has 0 bridgehead atoms. The second kappa shape index (κ2) is 12.5. The van der Waals surface area contributed by atoms with E-state index in [1.807, 2.05) is 41.9 Å². The van der Waals surface area contributed by atoms with Gasteiger partial charge in [0.2, 0.25) is 0 Å². The first-order chi connectivity index (χ1) is 16.2. The van der Waals surface area contributed by atoms with E-state index in [0.717, 1.165) is 65.1 Å². The van der Waals surface area contributed by atoms with Gasteiger partial charge in [-0.3, -0.25) is 9.69 Å². The molecule has 35 heavy (non-hydrogen) atoms. The Hall–Kier alpha value is -2.48. The molecule has 1 atom stereocenters. The van der Waals surface area contributed by atoms with Crippen LogP contribution in [0.3, 0.4) is 0 Å². The van der Waals surface area contributed by atoms with Crippen molar-refractivity contribution in [3.8, 4) is 11.1 Å². The van der Waals surface area contributed by atoms with Crippen LogP contribution < -0.4 is 5.32 Å². The zero-order valence-electron chi connectivity index (χ0n) is 19.5. The zero-order valence-corrected chi connectivity index (χ0v) is 21.9. The van der Waals surface area contributed by atoms with E-state index in [1.165, 1.54) is 0 Å². The van der Waals surface area contributed by atoms with Gasteiger partial charge in [0.15, 0.2) is 0 Å². The molecular formula is C27H29Cl2N3O2S. The fraction of sp³-hybridized carbons (Fsp3) is 0.259. The molecule has 2 heterocycles. The average molecular weight is 531 g/mol. The van der Waals surface area contributed by atoms with E-state index in [4.69, 9.17) is 4.74 Å². The van der Waals surface area contributed by atoms with Gasteiger partial charge >= 0.3 is 0 Å². The van der Waals surface area contributed by atoms with Gasteiger partial charge in [-0.25, -0.2) is 4.98 Å². The van der Waals surface area contributed by atoms with E-state index in [0.29, 0.717) is 5.56 Å². The van der Waals surface area contributed by atoms with Gasteiger partial charge < -0.3 is 10.1 Å². The molecule has 184 valence electrons. The van der Waals surface area contributed by atoms with Crippen LogP contribution in [-0.2, 0) is 11.3 Å². The minimum absolute atomic E-state index is 0. The van der Waals surface area contributed by atoms with Gasteiger partial charge in [-0.15, -0.1) is 36.2 Å². The molecule has 1 aliphatic heterocycles. The number of ether oxygens (including phenoxy) is 1. The third-order valence-corrected chi connectivity index (χ3v) is 7.04. The lowest BCUT2D eigenvalue weighted by Crippen LogP contribution is -2.38. The van der Waals surface area contributed by atoms with E-state index in [-0.39, 0.29) is 36.8 Å². The lowest BCUT2D eigenvalue weighted by molar-refractivity contribution is 0.0286. The molecular weight excluding hydrogens is 501 g/mol. The number of likely N-dealkylation sites (tertiary alicyclic amines) is 1. The van der Waals surface area contributed by atoms with Crippen molar-refractivity contribution >= 4 is 58.0 Å². The Labute approximate surface area is 222 Å². The second-order valence-corrected chi connectivity index (χ2v) is 9.35. The van der Waals surface area contributed by atoms with Crippen LogP contribution in [0.2, 0.25) is 0 Å². The minimum Gasteiger partial charge on any atom is -0.380 e. The van der Waals surface area contributed by atoms with E-state index >= 15 is 0 Å². The second-order valence-electron chi connectivity index (χ2n) is 8.46. The number of nitrogens with zero attached hydrogens (tertiary/aromatic N) is 2. The van der Waals surface area contributed by atoms with Crippen molar-refractivity contribution in [1.82, 2.24) is 9.88 Å². The minimum atomic E-state index is -0.112. The largest absolute Gasteiger partial charge is 0.380 e. The maximum atomic E-state index is 13.1. The molecule has 1 unspecified atom stereocenters. The number of piperidine rings is 1. The third kappa shape index (κ3) is 6.40. The van der Waals surface area contributed by atoms with Crippen LogP contribution in [0.4, 0.5) is 5.69 Å². The number of fused-ring (bicyclic) bond motifs is 1. The fourth-order valence-corrected chi connectivity index (χ4v) is 5.15. The van der Waals surface area contributed by atoms with E-state index in [2.05, 4.69) is 45.5 Å². The number of nitrogens with one attached hydrogen (secondary N) is 1. The normalized spacial score (nSPS) is 15.7. The molecule has 0 saturated carbocycles. The van der Waals surface area contributed by atoms with Crippen molar-refractivity contribution in [1.29, 1.82) is 0 Å². The Balaban J connectivity index is 0.00000171. The van der Waals surface area contributed by atoms with Crippen molar-refractivity contribution in [3.63, 3.8) is 0 Å². The molecule has 1 fully saturated rings. The molecule has 1 aliphatic rings. The molecule has 1 saturated heterocycles. The summed E-state index contributed by atoms with van der Waals surface area (Å²) in [6, 6.07) is 22.2. The maximum Gasteiger partial charge on any atom is 0.255 e. The number of amides is 1. The van der Waals surface area contributed by atoms with Crippen molar-refractivity contribution in [2.24, 2.45) is 0 Å². The molecule has 0 aliphatic carbocycles. The highest BCUT2D eigenvalue weighted by Gasteiger charge is 2.21. The first-order valence-corrected chi connectivity index (χ1v) is 12.2. The van der Waals surface area contributed by atoms with Crippen molar-refractivity contribution < 1.29 is 9.53 Å². The van der Waals surface area contributed by atoms with Crippen molar-refractivity contribution in [2.75, 3.05) is 25.5 Å². The highest BCUT2D eigenvalue weighted by molar-refractivity contribution is 7.16. The average Bonchev–Trinajstić information content (AvgIpc) is 3.32. The van der Waals surface area contributed by atoms with Gasteiger partial charge in [-0.2, -0.15) is 0 Å². The number of carbonyl (C=O) groups is 1. The lowest BCUT2D eigenvalue weighted by atomic mass is 9.96. The maximum absolute atomic E-state index is 13.1. The monoisotopic (exact) mass is 529 g/mol. The molecule has 1 aromatic heterocycles. The molecule has 5 nitrogen and oxygen atoms in total. The number of hydrogen-bond acceptors (Lipinski definition) is 5. The standard InChI is InChI=1S/C27H27N3O2S.2ClH/c1-32-23-8-5-13-30(17-23)16-21-14-20(9-11-24(21)19-6-3-2-4-7-19)27(31)29-22-10-12-26-25(15-22)28-18-33-26;;/h2-4,6-7,9-12,14-15,18,23H,5,8,13,16-17H2,1H3,(H,29,31);2*1H. The van der Waals surface area contributed by atoms with Gasteiger partial charge in [-0.1, -0.05) is 36.4 Å². The number of carbonyl (C=O) groups excluding carboxylic acids is 1. The topological polar surface area (TPSA) is 54.5 Å². The number of hydrogen-bond donors (Lipinski definition) is 1. The summed E-state index contributed by atoms with van der Waals surface area (Å²) in [5.41, 5.74) is 7.61. The molecule has 0 radical (unpaired) electrons. The predicted octanol–water partition coefficient (Wildman–Crippen LogP) is 6.67. The summed E-state index contributed by atoms with van der Waals surface area (Å²) in [7, 11) is 1.79. The van der Waals surface area contributed by atoms with Crippen LogP contribution >= 0.6 is 36.2 Å². The van der Waals surface area contributed by atoms with Gasteiger partial charge in [0.05, 0.1) is 21.8 Å². The van der Waals surface area contributed by atoms with Crippen LogP contribution in [0.1, 0.15) is 28.8 Å². The Bertz CT molecular complexity index is 1270. The lowest BCUT2D eigenvalue weighted by Gasteiger charge is -2.32. The van der Waals surface area contributed by atoms with Crippen LogP contribution in [0.15, 0.2) is 72.2 Å². The Morgan fingerprint density at radius 3 is 2.74 bits per heavy atom. The molecule has 4 aromatic rings. The summed E-state index contributed by atoms with van der Waals surface area (Å²) >= 11 is 1.59. The molecule has 8 heteroatoms. The molecule has 0 spiro atoms. The van der Waals surface area contributed by atoms with Gasteiger partial charge in [-0.05, 0) is 66.4 Å². The number of benzene rings is 3. The summed E-state index contributed by atoms with van der Waals surface area (Å²) < 4.78 is 6.73. The van der Waals surface area contributed by atoms with Crippen molar-refractivity contribution in [3.05, 3.63) is 83.4 Å². The Morgan fingerprint density at radius 2 is 1.94 bits per heavy atom. The van der Waals surface area contributed by atoms with Gasteiger partial charge in [0, 0.05) is 31.5 Å². The number of aromatic nitrogens is 1. The predicted molar refractivity (Wildman–Crippen MR) is 149 cm³/mol. The number of thiazole rings is 1. The SMILES string of the molecule is COC1CCCN(Cc2cc(C(=O)Nc3ccc4scnc4c3)ccc2-c2ccccc2)C1.Cl.Cl. The van der Waals surface area contributed by atoms with Gasteiger partial charge in [0.25, 0.3) is 5.91 Å². The third-order valence-electron chi connectivity index (χ3n) is 6.23. The molecule has 1 amide bonds. The van der Waals surface area contributed by atoms with Crippen LogP contribution in [0, 0.1) is 0 Å². The Morgan fingerprint density at radius 1 is 1.11 bits per heavy atom. The number of methoxy groups -OCH3 is 1. The quantitative estimate of drug-likeness (QED) is 0.303. The smallest absolute Gasteiger partial charge is 0.255 e. The van der Waals surface area contributed by atoms with Crippen LogP contribution in [-0.4, -0.2) is 42.1 Å². The van der Waals surface area contributed by atoms with Crippen LogP contribution in [0.25, 0.3) is 21.3 Å². The summed E-state index contributed by atoms with van der Waals surface area (Å²) in [5.74, 6) is -0.112. The van der Waals surface area contributed by atoms with E-state index in [1.54, 1.807) is 18.4 Å². The summed E-state index contributed by atoms with van der Waals surface area (Å²) in [6.07, 6.45) is 2.49. The number of halogens is 2. The van der Waals surface area contributed by atoms with Crippen molar-refractivity contribution in [2.45, 2.75) is 25.5 Å². The molecule has 5 rings (SSSR count). The highest BCUT2D eigenvalue weighted by Crippen LogP contribution is 2.28. The summed E-state index contributed by atoms with van der Waals surface area (Å²) in [6.45, 7) is 2.74. The highest BCUT2D eigenvalue weighted by atomic mass is 35.5. The first-order valence-electron chi connectivity index (χ1n) is 11.3. The summed E-state index contributed by atoms with van der Waals surface area (Å²) in [5, 5.41) is 3.04. The summed E-state index contributed by atoms with van der Waals surface area (Å²) in [4.78, 5) is 19.9. The molecule has 1 N–H and O–H groups in total. The number of anilines is 1.